The number of hydrogen-bond acceptors (Lipinski definition) is 5. The predicted molar refractivity (Wildman–Crippen MR) is 92.5 cm³/mol. The summed E-state index contributed by atoms with van der Waals surface area (Å²) < 4.78 is 16.3. The summed E-state index contributed by atoms with van der Waals surface area (Å²) in [5, 5.41) is 0. The number of ether oxygens (including phenoxy) is 3. The Balaban J connectivity index is 1.87. The molecule has 2 aromatic rings. The Morgan fingerprint density at radius 2 is 1.79 bits per heavy atom. The van der Waals surface area contributed by atoms with Crippen molar-refractivity contribution >= 4 is 27.7 Å². The van der Waals surface area contributed by atoms with Crippen LogP contribution in [0.2, 0.25) is 0 Å². The summed E-state index contributed by atoms with van der Waals surface area (Å²) >= 11 is 3.31. The predicted octanol–water partition coefficient (Wildman–Crippen LogP) is 3.65. The van der Waals surface area contributed by atoms with Gasteiger partial charge in [-0.1, -0.05) is 22.0 Å². The van der Waals surface area contributed by atoms with Crippen LogP contribution in [0.3, 0.4) is 0 Å². The van der Waals surface area contributed by atoms with Crippen LogP contribution >= 0.6 is 15.9 Å². The van der Waals surface area contributed by atoms with Crippen molar-refractivity contribution in [2.24, 2.45) is 0 Å². The lowest BCUT2D eigenvalue weighted by Gasteiger charge is -2.13. The van der Waals surface area contributed by atoms with Gasteiger partial charge in [-0.2, -0.15) is 0 Å². The minimum absolute atomic E-state index is 0.267. The summed E-state index contributed by atoms with van der Waals surface area (Å²) in [6.07, 6.45) is -0.892. The molecule has 0 saturated heterocycles. The number of rotatable bonds is 7. The van der Waals surface area contributed by atoms with Crippen molar-refractivity contribution in [3.8, 4) is 11.5 Å². The van der Waals surface area contributed by atoms with Gasteiger partial charge in [-0.15, -0.1) is 0 Å². The van der Waals surface area contributed by atoms with Crippen LogP contribution in [0.25, 0.3) is 0 Å². The number of hydrogen-bond donors (Lipinski definition) is 0. The van der Waals surface area contributed by atoms with Gasteiger partial charge in [-0.05, 0) is 49.4 Å². The Morgan fingerprint density at radius 3 is 2.42 bits per heavy atom. The zero-order chi connectivity index (χ0) is 17.5. The summed E-state index contributed by atoms with van der Waals surface area (Å²) in [6, 6.07) is 13.7. The summed E-state index contributed by atoms with van der Waals surface area (Å²) in [4.78, 5) is 24.1. The lowest BCUT2D eigenvalue weighted by molar-refractivity contribution is -0.148. The average molecular weight is 393 g/mol. The largest absolute Gasteiger partial charge is 0.497 e. The van der Waals surface area contributed by atoms with Gasteiger partial charge in [-0.3, -0.25) is 4.79 Å². The minimum Gasteiger partial charge on any atom is -0.497 e. The van der Waals surface area contributed by atoms with E-state index in [-0.39, 0.29) is 12.4 Å². The first-order valence-electron chi connectivity index (χ1n) is 7.25. The van der Waals surface area contributed by atoms with Crippen molar-refractivity contribution < 1.29 is 23.8 Å². The molecular formula is C18H17BrO5. The average Bonchev–Trinajstić information content (AvgIpc) is 2.59. The Labute approximate surface area is 148 Å². The number of halogens is 1. The summed E-state index contributed by atoms with van der Waals surface area (Å²) in [5.41, 5.74) is 0.448. The van der Waals surface area contributed by atoms with Crippen LogP contribution in [-0.4, -0.2) is 31.6 Å². The van der Waals surface area contributed by atoms with Gasteiger partial charge >= 0.3 is 5.97 Å². The van der Waals surface area contributed by atoms with E-state index in [1.54, 1.807) is 49.6 Å². The lowest BCUT2D eigenvalue weighted by atomic mass is 10.1. The van der Waals surface area contributed by atoms with Crippen molar-refractivity contribution in [2.45, 2.75) is 13.0 Å². The van der Waals surface area contributed by atoms with E-state index < -0.39 is 12.1 Å². The number of carbonyl (C=O) groups excluding carboxylic acids is 2. The van der Waals surface area contributed by atoms with Gasteiger partial charge in [0, 0.05) is 10.0 Å². The van der Waals surface area contributed by atoms with E-state index in [1.165, 1.54) is 6.92 Å². The molecule has 126 valence electrons. The first-order valence-corrected chi connectivity index (χ1v) is 8.05. The molecule has 0 saturated carbocycles. The maximum atomic E-state index is 12.2. The van der Waals surface area contributed by atoms with Crippen LogP contribution in [0, 0.1) is 0 Å². The van der Waals surface area contributed by atoms with Crippen LogP contribution in [0.4, 0.5) is 0 Å². The molecule has 2 aromatic carbocycles. The third-order valence-electron chi connectivity index (χ3n) is 3.20. The molecule has 0 fully saturated rings. The highest BCUT2D eigenvalue weighted by Crippen LogP contribution is 2.18. The Morgan fingerprint density at radius 1 is 1.08 bits per heavy atom. The van der Waals surface area contributed by atoms with E-state index in [4.69, 9.17) is 14.2 Å². The normalized spacial score (nSPS) is 11.5. The smallest absolute Gasteiger partial charge is 0.344 e. The van der Waals surface area contributed by atoms with E-state index in [0.717, 1.165) is 4.47 Å². The van der Waals surface area contributed by atoms with Crippen LogP contribution in [0.5, 0.6) is 11.5 Å². The highest BCUT2D eigenvalue weighted by molar-refractivity contribution is 9.10. The van der Waals surface area contributed by atoms with Gasteiger partial charge in [0.05, 0.1) is 7.11 Å². The monoisotopic (exact) mass is 392 g/mol. The molecule has 0 unspecified atom stereocenters. The summed E-state index contributed by atoms with van der Waals surface area (Å²) in [7, 11) is 1.55. The maximum absolute atomic E-state index is 12.2. The SMILES string of the molecule is COc1ccc(C(=O)[C@H](C)OC(=O)COc2cccc(Br)c2)cc1. The second-order valence-corrected chi connectivity index (χ2v) is 5.89. The van der Waals surface area contributed by atoms with Crippen molar-refractivity contribution in [3.05, 3.63) is 58.6 Å². The number of ketones is 1. The van der Waals surface area contributed by atoms with E-state index in [1.807, 2.05) is 6.07 Å². The first kappa shape index (κ1) is 18.0. The summed E-state index contributed by atoms with van der Waals surface area (Å²) in [5.74, 6) is 0.298. The molecule has 0 aliphatic heterocycles. The standard InChI is InChI=1S/C18H17BrO5/c1-12(18(21)13-6-8-15(22-2)9-7-13)24-17(20)11-23-16-5-3-4-14(19)10-16/h3-10,12H,11H2,1-2H3/t12-/m0/s1. The van der Waals surface area contributed by atoms with E-state index in [0.29, 0.717) is 17.1 Å². The molecule has 2 rings (SSSR count). The van der Waals surface area contributed by atoms with Gasteiger partial charge in [0.1, 0.15) is 11.5 Å². The van der Waals surface area contributed by atoms with E-state index >= 15 is 0 Å². The zero-order valence-corrected chi connectivity index (χ0v) is 14.9. The highest BCUT2D eigenvalue weighted by Gasteiger charge is 2.19. The fraction of sp³-hybridized carbons (Fsp3) is 0.222. The fourth-order valence-electron chi connectivity index (χ4n) is 1.97. The topological polar surface area (TPSA) is 61.8 Å². The quantitative estimate of drug-likeness (QED) is 0.531. The molecule has 0 bridgehead atoms. The number of esters is 1. The van der Waals surface area contributed by atoms with Crippen LogP contribution in [0.15, 0.2) is 53.0 Å². The van der Waals surface area contributed by atoms with Gasteiger partial charge < -0.3 is 14.2 Å². The third-order valence-corrected chi connectivity index (χ3v) is 3.70. The minimum atomic E-state index is -0.892. The fourth-order valence-corrected chi connectivity index (χ4v) is 2.35. The molecule has 0 spiro atoms. The van der Waals surface area contributed by atoms with Gasteiger partial charge in [0.25, 0.3) is 0 Å². The molecule has 24 heavy (non-hydrogen) atoms. The van der Waals surface area contributed by atoms with Crippen molar-refractivity contribution in [1.29, 1.82) is 0 Å². The molecule has 0 heterocycles. The number of carbonyl (C=O) groups is 2. The summed E-state index contributed by atoms with van der Waals surface area (Å²) in [6.45, 7) is 1.26. The molecule has 0 radical (unpaired) electrons. The Kier molecular flexibility index (Phi) is 6.37. The number of methoxy groups -OCH3 is 1. The molecule has 0 aliphatic rings. The second kappa shape index (κ2) is 8.49. The van der Waals surface area contributed by atoms with Gasteiger partial charge in [0.2, 0.25) is 5.78 Å². The highest BCUT2D eigenvalue weighted by atomic mass is 79.9. The molecule has 0 aliphatic carbocycles. The third kappa shape index (κ3) is 5.09. The van der Waals surface area contributed by atoms with Gasteiger partial charge in [0.15, 0.2) is 12.7 Å². The lowest BCUT2D eigenvalue weighted by Crippen LogP contribution is -2.27. The molecule has 5 nitrogen and oxygen atoms in total. The van der Waals surface area contributed by atoms with E-state index in [2.05, 4.69) is 15.9 Å². The van der Waals surface area contributed by atoms with Crippen LogP contribution in [0.1, 0.15) is 17.3 Å². The maximum Gasteiger partial charge on any atom is 0.344 e. The molecule has 1 atom stereocenters. The van der Waals surface area contributed by atoms with E-state index in [9.17, 15) is 9.59 Å². The van der Waals surface area contributed by atoms with Crippen LogP contribution < -0.4 is 9.47 Å². The molecule has 0 aromatic heterocycles. The Bertz CT molecular complexity index is 712. The first-order chi connectivity index (χ1) is 11.5. The molecule has 6 heteroatoms. The number of benzene rings is 2. The number of Topliss-reactive ketones (excluding diaryl/α,β-unsaturated/α-hetero) is 1. The molecule has 0 N–H and O–H groups in total. The Hall–Kier alpha value is -2.34. The molecular weight excluding hydrogens is 376 g/mol. The zero-order valence-electron chi connectivity index (χ0n) is 13.3. The molecule has 0 amide bonds. The second-order valence-electron chi connectivity index (χ2n) is 4.97. The van der Waals surface area contributed by atoms with Gasteiger partial charge in [-0.25, -0.2) is 4.79 Å². The van der Waals surface area contributed by atoms with Crippen molar-refractivity contribution in [1.82, 2.24) is 0 Å². The van der Waals surface area contributed by atoms with Crippen molar-refractivity contribution in [2.75, 3.05) is 13.7 Å². The van der Waals surface area contributed by atoms with Crippen molar-refractivity contribution in [3.63, 3.8) is 0 Å². The van der Waals surface area contributed by atoms with Crippen LogP contribution in [-0.2, 0) is 9.53 Å².